The van der Waals surface area contributed by atoms with Gasteiger partial charge in [-0.1, -0.05) is 30.3 Å². The minimum Gasteiger partial charge on any atom is -0.497 e. The Balaban J connectivity index is 1.67. The first-order valence-corrected chi connectivity index (χ1v) is 9.42. The minimum absolute atomic E-state index is 0.534. The van der Waals surface area contributed by atoms with Crippen LogP contribution < -0.4 is 15.8 Å². The van der Waals surface area contributed by atoms with Crippen molar-refractivity contribution in [3.63, 3.8) is 0 Å². The highest BCUT2D eigenvalue weighted by Gasteiger charge is 2.19. The quantitative estimate of drug-likeness (QED) is 0.515. The number of carbonyl (C=O) groups is 1. The molecule has 0 bridgehead atoms. The van der Waals surface area contributed by atoms with Gasteiger partial charge in [-0.3, -0.25) is 10.00 Å². The van der Waals surface area contributed by atoms with Gasteiger partial charge in [-0.05, 0) is 36.8 Å². The van der Waals surface area contributed by atoms with Crippen LogP contribution in [0.4, 0.5) is 10.6 Å². The number of hydrogen-bond donors (Lipinski definition) is 2. The van der Waals surface area contributed by atoms with E-state index in [1.165, 1.54) is 0 Å². The Morgan fingerprint density at radius 1 is 1.13 bits per heavy atom. The van der Waals surface area contributed by atoms with Gasteiger partial charge in [-0.25, -0.2) is 9.48 Å². The van der Waals surface area contributed by atoms with Crippen LogP contribution in [0.5, 0.6) is 5.75 Å². The zero-order chi connectivity index (χ0) is 21.1. The molecule has 2 amide bonds. The molecule has 0 aliphatic heterocycles. The second-order valence-corrected chi connectivity index (χ2v) is 6.83. The van der Waals surface area contributed by atoms with Gasteiger partial charge in [-0.2, -0.15) is 10.2 Å². The number of carbonyl (C=O) groups excluding carboxylic acids is 1. The van der Waals surface area contributed by atoms with E-state index in [-0.39, 0.29) is 0 Å². The van der Waals surface area contributed by atoms with Gasteiger partial charge in [0.2, 0.25) is 0 Å². The van der Waals surface area contributed by atoms with Crippen LogP contribution in [0.3, 0.4) is 0 Å². The van der Waals surface area contributed by atoms with Gasteiger partial charge >= 0.3 is 6.03 Å². The maximum Gasteiger partial charge on any atom is 0.317 e. The van der Waals surface area contributed by atoms with Crippen LogP contribution in [0.15, 0.2) is 67.0 Å². The van der Waals surface area contributed by atoms with Crippen molar-refractivity contribution in [2.24, 2.45) is 5.73 Å². The molecule has 2 heterocycles. The van der Waals surface area contributed by atoms with Crippen LogP contribution in [0.2, 0.25) is 0 Å². The summed E-state index contributed by atoms with van der Waals surface area (Å²) >= 11 is 0. The molecule has 8 nitrogen and oxygen atoms in total. The molecule has 3 N–H and O–H groups in total. The fourth-order valence-corrected chi connectivity index (χ4v) is 3.28. The van der Waals surface area contributed by atoms with Gasteiger partial charge < -0.3 is 10.5 Å². The van der Waals surface area contributed by atoms with Gasteiger partial charge in [-0.15, -0.1) is 0 Å². The summed E-state index contributed by atoms with van der Waals surface area (Å²) in [5.74, 6) is 1.35. The number of nitrogens with one attached hydrogen (secondary N) is 1. The molecular weight excluding hydrogens is 380 g/mol. The molecule has 0 aliphatic carbocycles. The van der Waals surface area contributed by atoms with Crippen molar-refractivity contribution in [1.29, 1.82) is 0 Å². The summed E-state index contributed by atoms with van der Waals surface area (Å²) in [6.45, 7) is 2.52. The number of methoxy groups -OCH3 is 1. The number of amides is 2. The number of rotatable bonds is 6. The lowest BCUT2D eigenvalue weighted by Crippen LogP contribution is -2.21. The molecule has 0 aliphatic rings. The molecule has 2 aromatic carbocycles. The van der Waals surface area contributed by atoms with Gasteiger partial charge in [0, 0.05) is 17.3 Å². The molecule has 4 rings (SSSR count). The summed E-state index contributed by atoms with van der Waals surface area (Å²) in [6.07, 6.45) is 3.70. The van der Waals surface area contributed by atoms with Gasteiger partial charge in [0.05, 0.1) is 25.5 Å². The number of aromatic nitrogens is 4. The van der Waals surface area contributed by atoms with Crippen molar-refractivity contribution >= 4 is 11.8 Å². The second kappa shape index (κ2) is 8.12. The fraction of sp³-hybridized carbons (Fsp3) is 0.136. The van der Waals surface area contributed by atoms with E-state index >= 15 is 0 Å². The molecule has 0 atom stereocenters. The van der Waals surface area contributed by atoms with Gasteiger partial charge in [0.1, 0.15) is 17.3 Å². The third-order valence-corrected chi connectivity index (χ3v) is 4.77. The fourth-order valence-electron chi connectivity index (χ4n) is 3.28. The molecule has 0 radical (unpaired) electrons. The number of anilines is 1. The highest BCUT2D eigenvalue weighted by atomic mass is 16.5. The Labute approximate surface area is 173 Å². The Bertz CT molecular complexity index is 1160. The second-order valence-electron chi connectivity index (χ2n) is 6.83. The molecule has 0 unspecified atom stereocenters. The molecule has 8 heteroatoms. The predicted octanol–water partition coefficient (Wildman–Crippen LogP) is 3.59. The van der Waals surface area contributed by atoms with Crippen molar-refractivity contribution in [3.05, 3.63) is 78.1 Å². The lowest BCUT2D eigenvalue weighted by atomic mass is 10.1. The van der Waals surface area contributed by atoms with Crippen LogP contribution in [-0.4, -0.2) is 32.7 Å². The van der Waals surface area contributed by atoms with Crippen LogP contribution in [-0.2, 0) is 6.54 Å². The molecule has 152 valence electrons. The van der Waals surface area contributed by atoms with Crippen LogP contribution in [0.25, 0.3) is 16.9 Å². The number of hydrogen-bond acceptors (Lipinski definition) is 4. The van der Waals surface area contributed by atoms with Crippen LogP contribution >= 0.6 is 0 Å². The number of nitrogens with two attached hydrogens (primary N) is 1. The molecule has 0 saturated carbocycles. The van der Waals surface area contributed by atoms with Gasteiger partial charge in [0.25, 0.3) is 0 Å². The summed E-state index contributed by atoms with van der Waals surface area (Å²) in [5.41, 5.74) is 9.69. The highest BCUT2D eigenvalue weighted by molar-refractivity contribution is 5.89. The molecule has 0 fully saturated rings. The molecule has 30 heavy (non-hydrogen) atoms. The zero-order valence-electron chi connectivity index (χ0n) is 16.7. The molecular formula is C22H22N6O2. The van der Waals surface area contributed by atoms with E-state index in [9.17, 15) is 4.79 Å². The number of para-hydroxylation sites is 1. The van der Waals surface area contributed by atoms with E-state index < -0.39 is 6.03 Å². The lowest BCUT2D eigenvalue weighted by molar-refractivity contribution is 0.259. The monoisotopic (exact) mass is 402 g/mol. The minimum atomic E-state index is -0.642. The standard InChI is InChI=1S/C22H22N6O2/c1-15-20(26-28(21(15)25-22(23)29)18-6-4-3-5-7-18)17-12-24-27(14-17)13-16-8-10-19(30-2)11-9-16/h3-12,14H,13H2,1-2H3,(H3,23,25,29). The third-order valence-electron chi connectivity index (χ3n) is 4.77. The first kappa shape index (κ1) is 19.3. The number of primary amides is 1. The van der Waals surface area contributed by atoms with E-state index in [4.69, 9.17) is 15.6 Å². The van der Waals surface area contributed by atoms with Crippen LogP contribution in [0.1, 0.15) is 11.1 Å². The number of urea groups is 1. The molecule has 4 aromatic rings. The third kappa shape index (κ3) is 3.88. The lowest BCUT2D eigenvalue weighted by Gasteiger charge is -2.07. The van der Waals surface area contributed by atoms with Gasteiger partial charge in [0.15, 0.2) is 0 Å². The van der Waals surface area contributed by atoms with Crippen molar-refractivity contribution in [2.45, 2.75) is 13.5 Å². The topological polar surface area (TPSA) is 100.0 Å². The summed E-state index contributed by atoms with van der Waals surface area (Å²) in [7, 11) is 1.65. The number of benzene rings is 2. The van der Waals surface area contributed by atoms with Crippen molar-refractivity contribution < 1.29 is 9.53 Å². The average Bonchev–Trinajstić information content (AvgIpc) is 3.34. The Kier molecular flexibility index (Phi) is 5.21. The normalized spacial score (nSPS) is 10.7. The Morgan fingerprint density at radius 3 is 2.53 bits per heavy atom. The molecule has 0 spiro atoms. The number of ether oxygens (including phenoxy) is 1. The zero-order valence-corrected chi connectivity index (χ0v) is 16.7. The Hall–Kier alpha value is -4.07. The number of nitrogens with zero attached hydrogens (tertiary/aromatic N) is 4. The van der Waals surface area contributed by atoms with Crippen molar-refractivity contribution in [1.82, 2.24) is 19.6 Å². The average molecular weight is 402 g/mol. The van der Waals surface area contributed by atoms with E-state index in [0.717, 1.165) is 33.8 Å². The van der Waals surface area contributed by atoms with E-state index in [1.807, 2.05) is 72.4 Å². The smallest absolute Gasteiger partial charge is 0.317 e. The maximum atomic E-state index is 11.5. The summed E-state index contributed by atoms with van der Waals surface area (Å²) < 4.78 is 8.72. The largest absolute Gasteiger partial charge is 0.497 e. The maximum absolute atomic E-state index is 11.5. The first-order chi connectivity index (χ1) is 14.5. The molecule has 2 aromatic heterocycles. The van der Waals surface area contributed by atoms with E-state index in [2.05, 4.69) is 10.4 Å². The van der Waals surface area contributed by atoms with Crippen molar-refractivity contribution in [3.8, 4) is 22.7 Å². The highest BCUT2D eigenvalue weighted by Crippen LogP contribution is 2.30. The summed E-state index contributed by atoms with van der Waals surface area (Å²) in [4.78, 5) is 11.5. The Morgan fingerprint density at radius 2 is 1.87 bits per heavy atom. The molecule has 0 saturated heterocycles. The predicted molar refractivity (Wildman–Crippen MR) is 115 cm³/mol. The first-order valence-electron chi connectivity index (χ1n) is 9.42. The van der Waals surface area contributed by atoms with Crippen LogP contribution in [0, 0.1) is 6.92 Å². The SMILES string of the molecule is COc1ccc(Cn2cc(-c3nn(-c4ccccc4)c(NC(N)=O)c3C)cn2)cc1. The van der Waals surface area contributed by atoms with Crippen molar-refractivity contribution in [2.75, 3.05) is 12.4 Å². The summed E-state index contributed by atoms with van der Waals surface area (Å²) in [6, 6.07) is 16.8. The van der Waals surface area contributed by atoms with E-state index in [1.54, 1.807) is 18.0 Å². The summed E-state index contributed by atoms with van der Waals surface area (Å²) in [5, 5.41) is 11.9. The van der Waals surface area contributed by atoms with E-state index in [0.29, 0.717) is 12.4 Å².